The molecule has 1 unspecified atom stereocenters. The first-order chi connectivity index (χ1) is 12.9. The van der Waals surface area contributed by atoms with Crippen LogP contribution < -0.4 is 4.74 Å². The highest BCUT2D eigenvalue weighted by Crippen LogP contribution is 2.23. The zero-order valence-corrected chi connectivity index (χ0v) is 16.2. The third kappa shape index (κ3) is 4.28. The SMILES string of the molecule is COc1ccc(C(C)/C(C)=N/OS(=O)(=O)c2ccc3ccccc3c2)cc1. The summed E-state index contributed by atoms with van der Waals surface area (Å²) in [7, 11) is -2.37. The van der Waals surface area contributed by atoms with Gasteiger partial charge in [0.15, 0.2) is 0 Å². The number of ether oxygens (including phenoxy) is 1. The van der Waals surface area contributed by atoms with E-state index in [-0.39, 0.29) is 10.8 Å². The van der Waals surface area contributed by atoms with Crippen LogP contribution in [-0.2, 0) is 14.4 Å². The van der Waals surface area contributed by atoms with Gasteiger partial charge in [-0.05, 0) is 47.5 Å². The highest BCUT2D eigenvalue weighted by Gasteiger charge is 2.18. The minimum atomic E-state index is -3.98. The second-order valence-electron chi connectivity index (χ2n) is 6.27. The monoisotopic (exact) mass is 383 g/mol. The predicted octanol–water partition coefficient (Wildman–Crippen LogP) is 4.73. The lowest BCUT2D eigenvalue weighted by Gasteiger charge is -2.12. The van der Waals surface area contributed by atoms with Gasteiger partial charge in [0.1, 0.15) is 10.6 Å². The third-order valence-electron chi connectivity index (χ3n) is 4.53. The molecule has 5 nitrogen and oxygen atoms in total. The van der Waals surface area contributed by atoms with Crippen molar-refractivity contribution in [1.82, 2.24) is 0 Å². The molecule has 0 spiro atoms. The molecule has 0 aliphatic carbocycles. The van der Waals surface area contributed by atoms with Gasteiger partial charge in [0.2, 0.25) is 0 Å². The van der Waals surface area contributed by atoms with Gasteiger partial charge >= 0.3 is 10.1 Å². The van der Waals surface area contributed by atoms with Crippen molar-refractivity contribution in [2.45, 2.75) is 24.7 Å². The molecule has 0 aromatic heterocycles. The Morgan fingerprint density at radius 2 is 1.63 bits per heavy atom. The summed E-state index contributed by atoms with van der Waals surface area (Å²) >= 11 is 0. The van der Waals surface area contributed by atoms with Gasteiger partial charge in [-0.1, -0.05) is 54.5 Å². The van der Waals surface area contributed by atoms with Crippen molar-refractivity contribution < 1.29 is 17.4 Å². The van der Waals surface area contributed by atoms with E-state index in [1.54, 1.807) is 26.2 Å². The zero-order valence-electron chi connectivity index (χ0n) is 15.4. The summed E-state index contributed by atoms with van der Waals surface area (Å²) in [6.07, 6.45) is 0. The Labute approximate surface area is 159 Å². The predicted molar refractivity (Wildman–Crippen MR) is 107 cm³/mol. The van der Waals surface area contributed by atoms with E-state index < -0.39 is 10.1 Å². The van der Waals surface area contributed by atoms with Crippen molar-refractivity contribution in [2.24, 2.45) is 5.16 Å². The minimum absolute atomic E-state index is 0.0786. The molecule has 0 fully saturated rings. The number of nitrogens with zero attached hydrogens (tertiary/aromatic N) is 1. The summed E-state index contributed by atoms with van der Waals surface area (Å²) in [5, 5.41) is 5.66. The summed E-state index contributed by atoms with van der Waals surface area (Å²) < 4.78 is 35.1. The smallest absolute Gasteiger partial charge is 0.358 e. The van der Waals surface area contributed by atoms with Gasteiger partial charge in [0, 0.05) is 5.92 Å². The van der Waals surface area contributed by atoms with Gasteiger partial charge in [0.05, 0.1) is 12.8 Å². The Hall–Kier alpha value is -2.86. The molecule has 3 aromatic rings. The van der Waals surface area contributed by atoms with Gasteiger partial charge in [-0.25, -0.2) is 0 Å². The Morgan fingerprint density at radius 3 is 2.30 bits per heavy atom. The van der Waals surface area contributed by atoms with Crippen LogP contribution in [0.15, 0.2) is 76.8 Å². The molecule has 27 heavy (non-hydrogen) atoms. The van der Waals surface area contributed by atoms with Gasteiger partial charge in [-0.3, -0.25) is 4.28 Å². The standard InChI is InChI=1S/C21H21NO4S/c1-15(17-8-11-20(25-3)12-9-17)16(2)22-26-27(23,24)21-13-10-18-6-4-5-7-19(18)14-21/h4-15H,1-3H3/b22-16+. The maximum Gasteiger partial charge on any atom is 0.358 e. The average Bonchev–Trinajstić information content (AvgIpc) is 2.71. The molecular weight excluding hydrogens is 362 g/mol. The molecule has 6 heteroatoms. The molecule has 0 saturated heterocycles. The van der Waals surface area contributed by atoms with Crippen LogP contribution in [0, 0.1) is 0 Å². The van der Waals surface area contributed by atoms with Crippen molar-refractivity contribution in [1.29, 1.82) is 0 Å². The molecule has 0 aliphatic heterocycles. The number of oxime groups is 1. The van der Waals surface area contributed by atoms with Gasteiger partial charge in [0.25, 0.3) is 0 Å². The summed E-state index contributed by atoms with van der Waals surface area (Å²) in [5.41, 5.74) is 1.55. The van der Waals surface area contributed by atoms with E-state index >= 15 is 0 Å². The van der Waals surface area contributed by atoms with Crippen LogP contribution in [0.4, 0.5) is 0 Å². The number of hydrogen-bond donors (Lipinski definition) is 0. The van der Waals surface area contributed by atoms with E-state index in [9.17, 15) is 8.42 Å². The van der Waals surface area contributed by atoms with Gasteiger partial charge < -0.3 is 4.74 Å². The van der Waals surface area contributed by atoms with Crippen molar-refractivity contribution >= 4 is 26.6 Å². The topological polar surface area (TPSA) is 65.0 Å². The van der Waals surface area contributed by atoms with Crippen LogP contribution in [0.3, 0.4) is 0 Å². The lowest BCUT2D eigenvalue weighted by Crippen LogP contribution is -2.09. The van der Waals surface area contributed by atoms with E-state index in [0.717, 1.165) is 22.1 Å². The van der Waals surface area contributed by atoms with Gasteiger partial charge in [-0.15, -0.1) is 0 Å². The van der Waals surface area contributed by atoms with Gasteiger partial charge in [-0.2, -0.15) is 8.42 Å². The minimum Gasteiger partial charge on any atom is -0.497 e. The van der Waals surface area contributed by atoms with Crippen LogP contribution in [0.1, 0.15) is 25.3 Å². The maximum atomic E-state index is 12.5. The molecule has 0 amide bonds. The summed E-state index contributed by atoms with van der Waals surface area (Å²) in [6.45, 7) is 3.68. The van der Waals surface area contributed by atoms with Crippen LogP contribution in [0.25, 0.3) is 10.8 Å². The van der Waals surface area contributed by atoms with Crippen LogP contribution in [0.5, 0.6) is 5.75 Å². The summed E-state index contributed by atoms with van der Waals surface area (Å²) in [5.74, 6) is 0.665. The highest BCUT2D eigenvalue weighted by atomic mass is 32.2. The Morgan fingerprint density at radius 1 is 0.963 bits per heavy atom. The second-order valence-corrected chi connectivity index (χ2v) is 7.79. The molecule has 0 saturated carbocycles. The Kier molecular flexibility index (Phi) is 5.46. The first-order valence-electron chi connectivity index (χ1n) is 8.51. The molecule has 0 N–H and O–H groups in total. The van der Waals surface area contributed by atoms with Crippen molar-refractivity contribution in [3.8, 4) is 5.75 Å². The number of methoxy groups -OCH3 is 1. The Balaban J connectivity index is 1.79. The Bertz CT molecular complexity index is 1070. The normalized spacial score (nSPS) is 13.4. The molecule has 3 aromatic carbocycles. The number of benzene rings is 3. The summed E-state index contributed by atoms with van der Waals surface area (Å²) in [4.78, 5) is 0.0786. The molecule has 3 rings (SSSR count). The molecule has 0 radical (unpaired) electrons. The number of hydrogen-bond acceptors (Lipinski definition) is 5. The third-order valence-corrected chi connectivity index (χ3v) is 5.63. The first-order valence-corrected chi connectivity index (χ1v) is 9.92. The van der Waals surface area contributed by atoms with E-state index in [0.29, 0.717) is 5.71 Å². The van der Waals surface area contributed by atoms with E-state index in [4.69, 9.17) is 9.02 Å². The lowest BCUT2D eigenvalue weighted by molar-refractivity contribution is 0.337. The lowest BCUT2D eigenvalue weighted by atomic mass is 9.97. The fourth-order valence-corrected chi connectivity index (χ4v) is 3.49. The van der Waals surface area contributed by atoms with Crippen molar-refractivity contribution in [2.75, 3.05) is 7.11 Å². The largest absolute Gasteiger partial charge is 0.497 e. The molecule has 140 valence electrons. The zero-order chi connectivity index (χ0) is 19.4. The molecule has 0 heterocycles. The van der Waals surface area contributed by atoms with E-state index in [1.807, 2.05) is 55.5 Å². The van der Waals surface area contributed by atoms with Crippen LogP contribution in [0.2, 0.25) is 0 Å². The van der Waals surface area contributed by atoms with Crippen LogP contribution in [-0.4, -0.2) is 21.2 Å². The van der Waals surface area contributed by atoms with E-state index in [1.165, 1.54) is 6.07 Å². The average molecular weight is 383 g/mol. The fourth-order valence-electron chi connectivity index (χ4n) is 2.69. The van der Waals surface area contributed by atoms with Crippen LogP contribution >= 0.6 is 0 Å². The second kappa shape index (κ2) is 7.80. The molecular formula is C21H21NO4S. The quantitative estimate of drug-likeness (QED) is 0.456. The van der Waals surface area contributed by atoms with Crippen molar-refractivity contribution in [3.05, 3.63) is 72.3 Å². The van der Waals surface area contributed by atoms with E-state index in [2.05, 4.69) is 5.16 Å². The number of rotatable bonds is 6. The number of fused-ring (bicyclic) bond motifs is 1. The molecule has 0 bridgehead atoms. The molecule has 0 aliphatic rings. The van der Waals surface area contributed by atoms with Crippen molar-refractivity contribution in [3.63, 3.8) is 0 Å². The molecule has 1 atom stereocenters. The fraction of sp³-hybridized carbons (Fsp3) is 0.190. The first kappa shape index (κ1) is 18.9. The maximum absolute atomic E-state index is 12.5. The highest BCUT2D eigenvalue weighted by molar-refractivity contribution is 7.86. The summed E-state index contributed by atoms with van der Waals surface area (Å²) in [6, 6.07) is 19.9.